The Kier molecular flexibility index (Phi) is 3.05. The molecule has 0 spiro atoms. The van der Waals surface area contributed by atoms with E-state index < -0.39 is 4.92 Å². The minimum atomic E-state index is -0.450. The summed E-state index contributed by atoms with van der Waals surface area (Å²) in [6.45, 7) is 1.02. The number of nitrogens with zero attached hydrogens (tertiary/aromatic N) is 1. The Bertz CT molecular complexity index is 271. The zero-order valence-corrected chi connectivity index (χ0v) is 6.99. The highest BCUT2D eigenvalue weighted by atomic mass is 35.5. The Morgan fingerprint density at radius 2 is 2.00 bits per heavy atom. The van der Waals surface area contributed by atoms with E-state index in [2.05, 4.69) is 0 Å². The molecular formula is C8H7ClNO2. The molecule has 1 rings (SSSR count). The van der Waals surface area contributed by atoms with Gasteiger partial charge in [-0.05, 0) is 17.7 Å². The fourth-order valence-corrected chi connectivity index (χ4v) is 0.926. The van der Waals surface area contributed by atoms with Crippen LogP contribution in [-0.2, 0) is 6.42 Å². The van der Waals surface area contributed by atoms with E-state index in [4.69, 9.17) is 11.6 Å². The Hall–Kier alpha value is -1.09. The molecule has 4 heteroatoms. The maximum absolute atomic E-state index is 9.96. The average Bonchev–Trinajstić information content (AvgIpc) is 2.03. The fraction of sp³-hybridized carbons (Fsp3) is 0.125. The van der Waals surface area contributed by atoms with Gasteiger partial charge in [-0.1, -0.05) is 23.7 Å². The average molecular weight is 185 g/mol. The van der Waals surface area contributed by atoms with E-state index in [0.717, 1.165) is 12.1 Å². The lowest BCUT2D eigenvalue weighted by molar-refractivity contribution is -0.436. The molecule has 63 valence electrons. The van der Waals surface area contributed by atoms with Gasteiger partial charge >= 0.3 is 0 Å². The number of hydrogen-bond donors (Lipinski definition) is 0. The quantitative estimate of drug-likeness (QED) is 0.535. The lowest BCUT2D eigenvalue weighted by atomic mass is 10.2. The summed E-state index contributed by atoms with van der Waals surface area (Å²) in [4.78, 5) is 9.51. The van der Waals surface area contributed by atoms with E-state index in [0.29, 0.717) is 11.4 Å². The highest BCUT2D eigenvalue weighted by Gasteiger charge is 2.00. The first-order valence-electron chi connectivity index (χ1n) is 3.40. The van der Waals surface area contributed by atoms with Crippen LogP contribution in [0, 0.1) is 16.7 Å². The predicted octanol–water partition coefficient (Wildman–Crippen LogP) is 2.32. The highest BCUT2D eigenvalue weighted by molar-refractivity contribution is 6.30. The topological polar surface area (TPSA) is 43.1 Å². The second kappa shape index (κ2) is 4.07. The molecule has 12 heavy (non-hydrogen) atoms. The summed E-state index contributed by atoms with van der Waals surface area (Å²) in [6.07, 6.45) is 0.337. The van der Waals surface area contributed by atoms with Crippen molar-refractivity contribution in [2.45, 2.75) is 6.42 Å². The lowest BCUT2D eigenvalue weighted by Gasteiger charge is -1.95. The van der Waals surface area contributed by atoms with Crippen molar-refractivity contribution in [1.82, 2.24) is 0 Å². The molecule has 0 aromatic heterocycles. The second-order valence-electron chi connectivity index (χ2n) is 2.30. The smallest absolute Gasteiger partial charge is 0.264 e. The van der Waals surface area contributed by atoms with Crippen LogP contribution in [0.1, 0.15) is 5.56 Å². The molecule has 0 atom stereocenters. The molecule has 1 aromatic carbocycles. The second-order valence-corrected chi connectivity index (χ2v) is 2.73. The van der Waals surface area contributed by atoms with Gasteiger partial charge in [-0.3, -0.25) is 10.1 Å². The lowest BCUT2D eigenvalue weighted by Crippen LogP contribution is -1.96. The van der Waals surface area contributed by atoms with Gasteiger partial charge in [-0.2, -0.15) is 0 Å². The SMILES string of the molecule is O=[N+]([O-])[CH]Cc1ccc(Cl)cc1. The molecule has 0 unspecified atom stereocenters. The van der Waals surface area contributed by atoms with Crippen molar-refractivity contribution in [2.75, 3.05) is 0 Å². The van der Waals surface area contributed by atoms with Crippen LogP contribution in [0.5, 0.6) is 0 Å². The molecule has 0 aliphatic carbocycles. The number of benzene rings is 1. The third-order valence-electron chi connectivity index (χ3n) is 1.39. The number of nitro groups is 1. The summed E-state index contributed by atoms with van der Waals surface area (Å²) in [5, 5.41) is 10.6. The Labute approximate surface area is 75.1 Å². The molecule has 0 saturated carbocycles. The molecule has 1 radical (unpaired) electrons. The van der Waals surface area contributed by atoms with E-state index in [1.54, 1.807) is 24.3 Å². The standard InChI is InChI=1S/C8H7ClNO2/c9-8-3-1-7(2-4-8)5-6-10(11)12/h1-4,6H,5H2. The van der Waals surface area contributed by atoms with Gasteiger partial charge in [0.2, 0.25) is 0 Å². The molecule has 0 fully saturated rings. The van der Waals surface area contributed by atoms with Crippen LogP contribution in [0.15, 0.2) is 24.3 Å². The predicted molar refractivity (Wildman–Crippen MR) is 46.5 cm³/mol. The van der Waals surface area contributed by atoms with E-state index in [-0.39, 0.29) is 0 Å². The van der Waals surface area contributed by atoms with Crippen molar-refractivity contribution in [1.29, 1.82) is 0 Å². The van der Waals surface area contributed by atoms with Crippen LogP contribution in [0.3, 0.4) is 0 Å². The highest BCUT2D eigenvalue weighted by Crippen LogP contribution is 2.10. The Morgan fingerprint density at radius 1 is 1.42 bits per heavy atom. The zero-order chi connectivity index (χ0) is 8.97. The van der Waals surface area contributed by atoms with Gasteiger partial charge in [-0.15, -0.1) is 0 Å². The minimum absolute atomic E-state index is 0.337. The maximum Gasteiger partial charge on any atom is 0.283 e. The van der Waals surface area contributed by atoms with Crippen molar-refractivity contribution < 1.29 is 4.92 Å². The van der Waals surface area contributed by atoms with Crippen LogP contribution < -0.4 is 0 Å². The third kappa shape index (κ3) is 2.88. The fourth-order valence-electron chi connectivity index (χ4n) is 0.800. The van der Waals surface area contributed by atoms with E-state index >= 15 is 0 Å². The molecule has 0 N–H and O–H groups in total. The number of hydrogen-bond acceptors (Lipinski definition) is 2. The molecule has 0 aliphatic rings. The first-order valence-corrected chi connectivity index (χ1v) is 3.77. The first kappa shape index (κ1) is 9.00. The van der Waals surface area contributed by atoms with Gasteiger partial charge in [0.1, 0.15) is 0 Å². The summed E-state index contributed by atoms with van der Waals surface area (Å²) in [7, 11) is 0. The summed E-state index contributed by atoms with van der Waals surface area (Å²) >= 11 is 5.63. The van der Waals surface area contributed by atoms with Crippen molar-refractivity contribution in [2.24, 2.45) is 0 Å². The molecule has 0 heterocycles. The molecule has 1 aromatic rings. The molecule has 0 saturated heterocycles. The number of halogens is 1. The van der Waals surface area contributed by atoms with Crippen molar-refractivity contribution in [3.63, 3.8) is 0 Å². The molecule has 0 amide bonds. The van der Waals surface area contributed by atoms with Crippen LogP contribution in [0.2, 0.25) is 5.02 Å². The summed E-state index contributed by atoms with van der Waals surface area (Å²) in [6, 6.07) is 6.96. The van der Waals surface area contributed by atoms with Gasteiger partial charge < -0.3 is 0 Å². The summed E-state index contributed by atoms with van der Waals surface area (Å²) in [5.74, 6) is 0. The van der Waals surface area contributed by atoms with E-state index in [9.17, 15) is 10.1 Å². The summed E-state index contributed by atoms with van der Waals surface area (Å²) < 4.78 is 0. The van der Waals surface area contributed by atoms with Gasteiger partial charge in [0.15, 0.2) is 0 Å². The van der Waals surface area contributed by atoms with Gasteiger partial charge in [0.25, 0.3) is 6.54 Å². The van der Waals surface area contributed by atoms with Crippen molar-refractivity contribution in [3.05, 3.63) is 51.5 Å². The van der Waals surface area contributed by atoms with Crippen molar-refractivity contribution >= 4 is 11.6 Å². The van der Waals surface area contributed by atoms with E-state index in [1.165, 1.54) is 0 Å². The Morgan fingerprint density at radius 3 is 2.50 bits per heavy atom. The largest absolute Gasteiger partial charge is 0.283 e. The van der Waals surface area contributed by atoms with E-state index in [1.807, 2.05) is 0 Å². The monoisotopic (exact) mass is 184 g/mol. The molecule has 0 aliphatic heterocycles. The normalized spacial score (nSPS) is 9.75. The minimum Gasteiger partial charge on any atom is -0.264 e. The molecular weight excluding hydrogens is 178 g/mol. The van der Waals surface area contributed by atoms with Gasteiger partial charge in [0.05, 0.1) is 0 Å². The van der Waals surface area contributed by atoms with Crippen LogP contribution >= 0.6 is 11.6 Å². The maximum atomic E-state index is 9.96. The van der Waals surface area contributed by atoms with Gasteiger partial charge in [0, 0.05) is 16.4 Å². The van der Waals surface area contributed by atoms with Crippen LogP contribution in [0.25, 0.3) is 0 Å². The molecule has 0 bridgehead atoms. The summed E-state index contributed by atoms with van der Waals surface area (Å²) in [5.41, 5.74) is 0.885. The third-order valence-corrected chi connectivity index (χ3v) is 1.64. The Balaban J connectivity index is 2.53. The van der Waals surface area contributed by atoms with Crippen molar-refractivity contribution in [3.8, 4) is 0 Å². The van der Waals surface area contributed by atoms with Gasteiger partial charge in [-0.25, -0.2) is 0 Å². The first-order chi connectivity index (χ1) is 5.68. The molecule has 3 nitrogen and oxygen atoms in total. The van der Waals surface area contributed by atoms with Crippen LogP contribution in [-0.4, -0.2) is 4.92 Å². The zero-order valence-electron chi connectivity index (χ0n) is 6.24. The number of rotatable bonds is 3. The van der Waals surface area contributed by atoms with Crippen LogP contribution in [0.4, 0.5) is 0 Å².